The van der Waals surface area contributed by atoms with Crippen molar-refractivity contribution in [2.24, 2.45) is 39.7 Å². The summed E-state index contributed by atoms with van der Waals surface area (Å²) in [6.07, 6.45) is 10.3. The third-order valence-electron chi connectivity index (χ3n) is 9.93. The Labute approximate surface area is 190 Å². The van der Waals surface area contributed by atoms with Gasteiger partial charge in [-0.2, -0.15) is 0 Å². The van der Waals surface area contributed by atoms with Crippen LogP contribution in [0.3, 0.4) is 0 Å². The molecule has 6 heteroatoms. The summed E-state index contributed by atoms with van der Waals surface area (Å²) in [7, 11) is 0. The highest BCUT2D eigenvalue weighted by molar-refractivity contribution is 5.92. The number of aliphatic hydroxyl groups is 1. The third-order valence-corrected chi connectivity index (χ3v) is 9.93. The van der Waals surface area contributed by atoms with Gasteiger partial charge in [0.15, 0.2) is 0 Å². The van der Waals surface area contributed by atoms with Gasteiger partial charge in [-0.1, -0.05) is 19.0 Å². The van der Waals surface area contributed by atoms with E-state index in [1.807, 2.05) is 0 Å². The molecular weight excluding hydrogens is 404 g/mol. The van der Waals surface area contributed by atoms with E-state index in [4.69, 9.17) is 4.84 Å². The summed E-state index contributed by atoms with van der Waals surface area (Å²) in [4.78, 5) is 16.2. The maximum atomic E-state index is 10.8. The zero-order chi connectivity index (χ0) is 22.5. The normalized spacial score (nSPS) is 42.1. The molecule has 0 aromatic heterocycles. The summed E-state index contributed by atoms with van der Waals surface area (Å²) in [6, 6.07) is 6.51. The lowest BCUT2D eigenvalue weighted by Crippen LogP contribution is -2.54. The number of oxime groups is 1. The molecular formula is C26H36N2O4. The summed E-state index contributed by atoms with van der Waals surface area (Å²) in [5.41, 5.74) is 2.74. The van der Waals surface area contributed by atoms with Crippen LogP contribution in [0, 0.1) is 44.6 Å². The van der Waals surface area contributed by atoms with Gasteiger partial charge in [0, 0.05) is 17.5 Å². The zero-order valence-electron chi connectivity index (χ0n) is 19.3. The van der Waals surface area contributed by atoms with Gasteiger partial charge in [-0.15, -0.1) is 0 Å². The molecule has 0 heterocycles. The van der Waals surface area contributed by atoms with Gasteiger partial charge in [0.2, 0.25) is 0 Å². The first-order valence-electron chi connectivity index (χ1n) is 12.4. The molecule has 32 heavy (non-hydrogen) atoms. The van der Waals surface area contributed by atoms with E-state index in [1.54, 1.807) is 12.1 Å². The summed E-state index contributed by atoms with van der Waals surface area (Å²) in [5, 5.41) is 25.7. The Morgan fingerprint density at radius 3 is 2.62 bits per heavy atom. The average Bonchev–Trinajstić information content (AvgIpc) is 3.11. The molecule has 7 atom stereocenters. The molecule has 1 aromatic carbocycles. The SMILES string of the molecule is C[C@]12CC[C@@H](O)C[C@H]1CC[C@@H]1[C@@H]2CC[C@]2(C)/C(=N\OCc3ccc([N+](=O)[O-])cc3)CC[C@@H]12. The smallest absolute Gasteiger partial charge is 0.269 e. The van der Waals surface area contributed by atoms with Crippen LogP contribution in [0.4, 0.5) is 5.69 Å². The second-order valence-corrected chi connectivity index (χ2v) is 11.3. The minimum absolute atomic E-state index is 0.0865. The maximum Gasteiger partial charge on any atom is 0.269 e. The highest BCUT2D eigenvalue weighted by Gasteiger charge is 2.59. The van der Waals surface area contributed by atoms with Gasteiger partial charge in [-0.25, -0.2) is 0 Å². The second-order valence-electron chi connectivity index (χ2n) is 11.3. The van der Waals surface area contributed by atoms with Gasteiger partial charge in [0.1, 0.15) is 6.61 Å². The van der Waals surface area contributed by atoms with Crippen LogP contribution in [-0.4, -0.2) is 21.8 Å². The predicted molar refractivity (Wildman–Crippen MR) is 123 cm³/mol. The van der Waals surface area contributed by atoms with Crippen molar-refractivity contribution < 1.29 is 14.9 Å². The van der Waals surface area contributed by atoms with Crippen LogP contribution in [0.2, 0.25) is 0 Å². The van der Waals surface area contributed by atoms with Crippen LogP contribution in [0.25, 0.3) is 0 Å². The van der Waals surface area contributed by atoms with Crippen LogP contribution in [-0.2, 0) is 11.4 Å². The number of nitrogens with zero attached hydrogens (tertiary/aromatic N) is 2. The molecule has 4 fully saturated rings. The minimum Gasteiger partial charge on any atom is -0.393 e. The molecule has 1 N–H and O–H groups in total. The summed E-state index contributed by atoms with van der Waals surface area (Å²) in [6.45, 7) is 5.28. The fraction of sp³-hybridized carbons (Fsp3) is 0.731. The van der Waals surface area contributed by atoms with Crippen molar-refractivity contribution in [1.29, 1.82) is 0 Å². The minimum atomic E-state index is -0.385. The zero-order valence-corrected chi connectivity index (χ0v) is 19.3. The molecule has 4 aliphatic rings. The van der Waals surface area contributed by atoms with Gasteiger partial charge in [-0.05, 0) is 105 Å². The fourth-order valence-electron chi connectivity index (χ4n) is 8.07. The molecule has 0 amide bonds. The van der Waals surface area contributed by atoms with Crippen LogP contribution < -0.4 is 0 Å². The molecule has 0 saturated heterocycles. The molecule has 6 nitrogen and oxygen atoms in total. The van der Waals surface area contributed by atoms with E-state index in [0.717, 1.165) is 36.7 Å². The molecule has 0 bridgehead atoms. The van der Waals surface area contributed by atoms with E-state index in [0.29, 0.717) is 23.9 Å². The van der Waals surface area contributed by atoms with E-state index in [2.05, 4.69) is 19.0 Å². The lowest BCUT2D eigenvalue weighted by Gasteiger charge is -2.60. The van der Waals surface area contributed by atoms with Gasteiger partial charge in [0.25, 0.3) is 5.69 Å². The summed E-state index contributed by atoms with van der Waals surface area (Å²) >= 11 is 0. The molecule has 174 valence electrons. The molecule has 4 saturated carbocycles. The van der Waals surface area contributed by atoms with Gasteiger partial charge < -0.3 is 9.94 Å². The third kappa shape index (κ3) is 3.55. The summed E-state index contributed by atoms with van der Waals surface area (Å²) < 4.78 is 0. The Balaban J connectivity index is 1.27. The largest absolute Gasteiger partial charge is 0.393 e. The van der Waals surface area contributed by atoms with Crippen molar-refractivity contribution >= 4 is 11.4 Å². The Hall–Kier alpha value is -1.95. The molecule has 0 unspecified atom stereocenters. The fourth-order valence-corrected chi connectivity index (χ4v) is 8.07. The lowest BCUT2D eigenvalue weighted by molar-refractivity contribution is -0.384. The van der Waals surface area contributed by atoms with E-state index in [-0.39, 0.29) is 22.1 Å². The molecule has 0 aliphatic heterocycles. The highest BCUT2D eigenvalue weighted by atomic mass is 16.6. The van der Waals surface area contributed by atoms with Crippen LogP contribution in [0.5, 0.6) is 0 Å². The van der Waals surface area contributed by atoms with Gasteiger partial charge in [0.05, 0.1) is 16.7 Å². The Kier molecular flexibility index (Phi) is 5.55. The quantitative estimate of drug-likeness (QED) is 0.469. The first-order chi connectivity index (χ1) is 15.3. The molecule has 0 radical (unpaired) electrons. The topological polar surface area (TPSA) is 85.0 Å². The van der Waals surface area contributed by atoms with Crippen molar-refractivity contribution in [2.75, 3.05) is 0 Å². The van der Waals surface area contributed by atoms with Crippen molar-refractivity contribution in [2.45, 2.75) is 84.3 Å². The lowest BCUT2D eigenvalue weighted by atomic mass is 9.45. The number of rotatable bonds is 4. The van der Waals surface area contributed by atoms with Crippen LogP contribution in [0.1, 0.15) is 77.2 Å². The number of fused-ring (bicyclic) bond motifs is 5. The first-order valence-corrected chi connectivity index (χ1v) is 12.4. The Morgan fingerprint density at radius 1 is 1.09 bits per heavy atom. The molecule has 5 rings (SSSR count). The number of nitro groups is 1. The number of benzene rings is 1. The molecule has 4 aliphatic carbocycles. The van der Waals surface area contributed by atoms with Crippen molar-refractivity contribution in [3.63, 3.8) is 0 Å². The average molecular weight is 441 g/mol. The van der Waals surface area contributed by atoms with E-state index < -0.39 is 0 Å². The summed E-state index contributed by atoms with van der Waals surface area (Å²) in [5.74, 6) is 2.93. The monoisotopic (exact) mass is 440 g/mol. The van der Waals surface area contributed by atoms with E-state index in [1.165, 1.54) is 56.4 Å². The second kappa shape index (κ2) is 8.12. The number of aliphatic hydroxyl groups excluding tert-OH is 1. The van der Waals surface area contributed by atoms with Crippen molar-refractivity contribution in [3.05, 3.63) is 39.9 Å². The number of hydrogen-bond acceptors (Lipinski definition) is 5. The van der Waals surface area contributed by atoms with E-state index >= 15 is 0 Å². The number of hydrogen-bond donors (Lipinski definition) is 1. The van der Waals surface area contributed by atoms with Gasteiger partial charge >= 0.3 is 0 Å². The van der Waals surface area contributed by atoms with Crippen molar-refractivity contribution in [3.8, 4) is 0 Å². The number of nitro benzene ring substituents is 1. The molecule has 0 spiro atoms. The Morgan fingerprint density at radius 2 is 1.88 bits per heavy atom. The molecule has 1 aromatic rings. The predicted octanol–water partition coefficient (Wildman–Crippen LogP) is 5.87. The maximum absolute atomic E-state index is 10.8. The van der Waals surface area contributed by atoms with E-state index in [9.17, 15) is 15.2 Å². The first kappa shape index (κ1) is 21.9. The van der Waals surface area contributed by atoms with Gasteiger partial charge in [-0.3, -0.25) is 10.1 Å². The standard InChI is InChI=1S/C26H36N2O4/c1-25-13-11-20(29)15-18(25)5-8-21-22-9-10-24(26(22,2)14-12-23(21)25)27-32-16-17-3-6-19(7-4-17)28(30)31/h3-4,6-7,18,20-23,29H,5,8-16H2,1-2H3/b27-24-/t18-,20-,21+,22+,23+,25+,26+/m1/s1. The van der Waals surface area contributed by atoms with Crippen LogP contribution in [0.15, 0.2) is 29.4 Å². The highest BCUT2D eigenvalue weighted by Crippen LogP contribution is 2.65. The number of non-ortho nitro benzene ring substituents is 1. The van der Waals surface area contributed by atoms with Crippen molar-refractivity contribution in [1.82, 2.24) is 0 Å². The Bertz CT molecular complexity index is 900. The van der Waals surface area contributed by atoms with Crippen LogP contribution >= 0.6 is 0 Å².